The molecule has 1 rings (SSSR count). The number of aryl methyl sites for hydroxylation is 1. The van der Waals surface area contributed by atoms with E-state index in [1.165, 1.54) is 0 Å². The molecule has 0 amide bonds. The van der Waals surface area contributed by atoms with Crippen LogP contribution in [0.2, 0.25) is 0 Å². The average Bonchev–Trinajstić information content (AvgIpc) is 2.23. The Morgan fingerprint density at radius 3 is 2.33 bits per heavy atom. The highest BCUT2D eigenvalue weighted by Gasteiger charge is 2.17. The van der Waals surface area contributed by atoms with Crippen molar-refractivity contribution in [1.82, 2.24) is 0 Å². The highest BCUT2D eigenvalue weighted by atomic mass is 16.3. The quantitative estimate of drug-likeness (QED) is 0.745. The molecule has 0 radical (unpaired) electrons. The maximum absolute atomic E-state index is 10.2. The molecule has 0 aromatic heterocycles. The Hall–Kier alpha value is -1.02. The molecule has 0 saturated carbocycles. The van der Waals surface area contributed by atoms with E-state index in [4.69, 9.17) is 5.73 Å². The Balaban J connectivity index is 2.90. The molecule has 0 aliphatic rings. The summed E-state index contributed by atoms with van der Waals surface area (Å²) in [6, 6.07) is 5.78. The van der Waals surface area contributed by atoms with E-state index in [1.54, 1.807) is 0 Å². The van der Waals surface area contributed by atoms with Crippen molar-refractivity contribution in [3.05, 3.63) is 29.3 Å². The van der Waals surface area contributed by atoms with Crippen LogP contribution < -0.4 is 5.73 Å². The molecule has 1 atom stereocenters. The van der Waals surface area contributed by atoms with Gasteiger partial charge in [0.1, 0.15) is 0 Å². The SMILES string of the molecule is CCC(CC)C(O)c1ccc(N)c(C)c1. The van der Waals surface area contributed by atoms with Crippen molar-refractivity contribution in [3.63, 3.8) is 0 Å². The normalized spacial score (nSPS) is 13.1. The maximum atomic E-state index is 10.2. The zero-order valence-corrected chi connectivity index (χ0v) is 9.83. The van der Waals surface area contributed by atoms with Gasteiger partial charge in [-0.25, -0.2) is 0 Å². The lowest BCUT2D eigenvalue weighted by Gasteiger charge is -2.21. The summed E-state index contributed by atoms with van der Waals surface area (Å²) in [5.74, 6) is 0.341. The van der Waals surface area contributed by atoms with Gasteiger partial charge in [0, 0.05) is 5.69 Å². The summed E-state index contributed by atoms with van der Waals surface area (Å²) in [4.78, 5) is 0. The van der Waals surface area contributed by atoms with Crippen molar-refractivity contribution >= 4 is 5.69 Å². The Kier molecular flexibility index (Phi) is 4.15. The first-order chi connectivity index (χ1) is 7.10. The number of rotatable bonds is 4. The minimum Gasteiger partial charge on any atom is -0.399 e. The van der Waals surface area contributed by atoms with Crippen LogP contribution in [0.1, 0.15) is 43.9 Å². The van der Waals surface area contributed by atoms with E-state index in [9.17, 15) is 5.11 Å². The molecule has 0 fully saturated rings. The van der Waals surface area contributed by atoms with E-state index in [2.05, 4.69) is 13.8 Å². The number of benzene rings is 1. The van der Waals surface area contributed by atoms with Gasteiger partial charge in [-0.05, 0) is 30.0 Å². The lowest BCUT2D eigenvalue weighted by molar-refractivity contribution is 0.103. The molecule has 0 bridgehead atoms. The molecule has 2 nitrogen and oxygen atoms in total. The molecule has 0 saturated heterocycles. The molecule has 0 aliphatic carbocycles. The van der Waals surface area contributed by atoms with Crippen LogP contribution in [0.25, 0.3) is 0 Å². The summed E-state index contributed by atoms with van der Waals surface area (Å²) >= 11 is 0. The second kappa shape index (κ2) is 5.17. The van der Waals surface area contributed by atoms with E-state index in [-0.39, 0.29) is 6.10 Å². The molecule has 0 heterocycles. The molecule has 3 N–H and O–H groups in total. The van der Waals surface area contributed by atoms with Crippen LogP contribution in [0, 0.1) is 12.8 Å². The molecule has 1 aromatic carbocycles. The van der Waals surface area contributed by atoms with Crippen LogP contribution in [-0.2, 0) is 0 Å². The van der Waals surface area contributed by atoms with Crippen LogP contribution in [0.15, 0.2) is 18.2 Å². The summed E-state index contributed by atoms with van der Waals surface area (Å²) < 4.78 is 0. The van der Waals surface area contributed by atoms with E-state index in [1.807, 2.05) is 25.1 Å². The number of nitrogen functional groups attached to an aromatic ring is 1. The van der Waals surface area contributed by atoms with Crippen molar-refractivity contribution < 1.29 is 5.11 Å². The Morgan fingerprint density at radius 2 is 1.87 bits per heavy atom. The number of hydrogen-bond donors (Lipinski definition) is 2. The van der Waals surface area contributed by atoms with E-state index >= 15 is 0 Å². The lowest BCUT2D eigenvalue weighted by atomic mass is 9.90. The maximum Gasteiger partial charge on any atom is 0.0818 e. The minimum atomic E-state index is -0.362. The van der Waals surface area contributed by atoms with Crippen molar-refractivity contribution in [2.24, 2.45) is 5.92 Å². The predicted molar refractivity (Wildman–Crippen MR) is 64.6 cm³/mol. The third-order valence-corrected chi connectivity index (χ3v) is 3.13. The summed E-state index contributed by atoms with van der Waals surface area (Å²) in [5, 5.41) is 10.2. The molecular weight excluding hydrogens is 186 g/mol. The van der Waals surface area contributed by atoms with Gasteiger partial charge in [0.25, 0.3) is 0 Å². The van der Waals surface area contributed by atoms with Gasteiger partial charge in [-0.2, -0.15) is 0 Å². The van der Waals surface area contributed by atoms with Gasteiger partial charge in [0.05, 0.1) is 6.10 Å². The molecule has 0 spiro atoms. The molecular formula is C13H21NO. The van der Waals surface area contributed by atoms with Gasteiger partial charge in [0.15, 0.2) is 0 Å². The van der Waals surface area contributed by atoms with E-state index < -0.39 is 0 Å². The van der Waals surface area contributed by atoms with Gasteiger partial charge < -0.3 is 10.8 Å². The van der Waals surface area contributed by atoms with Crippen molar-refractivity contribution in [3.8, 4) is 0 Å². The Morgan fingerprint density at radius 1 is 1.27 bits per heavy atom. The first kappa shape index (κ1) is 12.1. The van der Waals surface area contributed by atoms with Crippen molar-refractivity contribution in [1.29, 1.82) is 0 Å². The second-order valence-corrected chi connectivity index (χ2v) is 4.14. The van der Waals surface area contributed by atoms with Crippen LogP contribution >= 0.6 is 0 Å². The third-order valence-electron chi connectivity index (χ3n) is 3.13. The van der Waals surface area contributed by atoms with Crippen LogP contribution in [0.3, 0.4) is 0 Å². The number of aliphatic hydroxyl groups is 1. The van der Waals surface area contributed by atoms with Gasteiger partial charge in [0.2, 0.25) is 0 Å². The van der Waals surface area contributed by atoms with Gasteiger partial charge >= 0.3 is 0 Å². The zero-order chi connectivity index (χ0) is 11.4. The smallest absolute Gasteiger partial charge is 0.0818 e. The van der Waals surface area contributed by atoms with Gasteiger partial charge in [-0.1, -0.05) is 38.8 Å². The van der Waals surface area contributed by atoms with Gasteiger partial charge in [-0.15, -0.1) is 0 Å². The Labute approximate surface area is 92.1 Å². The van der Waals surface area contributed by atoms with Crippen LogP contribution in [0.5, 0.6) is 0 Å². The fourth-order valence-corrected chi connectivity index (χ4v) is 1.89. The second-order valence-electron chi connectivity index (χ2n) is 4.14. The lowest BCUT2D eigenvalue weighted by Crippen LogP contribution is -2.11. The number of hydrogen-bond acceptors (Lipinski definition) is 2. The number of aliphatic hydroxyl groups excluding tert-OH is 1. The summed E-state index contributed by atoms with van der Waals surface area (Å²) in [5.41, 5.74) is 8.56. The number of anilines is 1. The molecule has 0 aliphatic heterocycles. The topological polar surface area (TPSA) is 46.2 Å². The highest BCUT2D eigenvalue weighted by Crippen LogP contribution is 2.28. The first-order valence-corrected chi connectivity index (χ1v) is 5.64. The van der Waals surface area contributed by atoms with Crippen molar-refractivity contribution in [2.75, 3.05) is 5.73 Å². The molecule has 15 heavy (non-hydrogen) atoms. The van der Waals surface area contributed by atoms with Crippen LogP contribution in [0.4, 0.5) is 5.69 Å². The average molecular weight is 207 g/mol. The van der Waals surface area contributed by atoms with Gasteiger partial charge in [-0.3, -0.25) is 0 Å². The number of nitrogens with two attached hydrogens (primary N) is 1. The van der Waals surface area contributed by atoms with Crippen molar-refractivity contribution in [2.45, 2.75) is 39.7 Å². The molecule has 2 heteroatoms. The van der Waals surface area contributed by atoms with E-state index in [0.29, 0.717) is 5.92 Å². The largest absolute Gasteiger partial charge is 0.399 e. The first-order valence-electron chi connectivity index (χ1n) is 5.64. The monoisotopic (exact) mass is 207 g/mol. The summed E-state index contributed by atoms with van der Waals surface area (Å²) in [6.07, 6.45) is 1.64. The minimum absolute atomic E-state index is 0.341. The molecule has 84 valence electrons. The molecule has 1 aromatic rings. The zero-order valence-electron chi connectivity index (χ0n) is 9.83. The highest BCUT2D eigenvalue weighted by molar-refractivity contribution is 5.48. The van der Waals surface area contributed by atoms with Crippen LogP contribution in [-0.4, -0.2) is 5.11 Å². The molecule has 1 unspecified atom stereocenters. The van der Waals surface area contributed by atoms with E-state index in [0.717, 1.165) is 29.7 Å². The Bertz CT molecular complexity index is 318. The fraction of sp³-hybridized carbons (Fsp3) is 0.538. The standard InChI is InChI=1S/C13H21NO/c1-4-10(5-2)13(15)11-6-7-12(14)9(3)8-11/h6-8,10,13,15H,4-5,14H2,1-3H3. The fourth-order valence-electron chi connectivity index (χ4n) is 1.89. The summed E-state index contributed by atoms with van der Waals surface area (Å²) in [6.45, 7) is 6.20. The predicted octanol–water partition coefficient (Wildman–Crippen LogP) is 3.05. The summed E-state index contributed by atoms with van der Waals surface area (Å²) in [7, 11) is 0. The third kappa shape index (κ3) is 2.72.